The second kappa shape index (κ2) is 12.1. The minimum Gasteiger partial charge on any atom is -0.480 e. The number of aliphatic carboxylic acids is 1. The van der Waals surface area contributed by atoms with Gasteiger partial charge < -0.3 is 37.8 Å². The number of carboxylic acids is 1. The minimum atomic E-state index is -1.49. The Morgan fingerprint density at radius 1 is 1.17 bits per heavy atom. The van der Waals surface area contributed by atoms with E-state index in [1.165, 1.54) is 11.8 Å². The van der Waals surface area contributed by atoms with Crippen LogP contribution in [-0.2, 0) is 24.0 Å². The number of carbonyl (C=O) groups is 5. The number of hydrogen-bond donors (Lipinski definition) is 6. The van der Waals surface area contributed by atoms with E-state index < -0.39 is 54.3 Å². The third-order valence-corrected chi connectivity index (χ3v) is 4.90. The average molecular weight is 428 g/mol. The molecule has 0 bridgehead atoms. The minimum absolute atomic E-state index is 0.325. The fourth-order valence-electron chi connectivity index (χ4n) is 3.22. The summed E-state index contributed by atoms with van der Waals surface area (Å²) in [6.45, 7) is 2.27. The lowest BCUT2D eigenvalue weighted by atomic mass is 10.1. The summed E-state index contributed by atoms with van der Waals surface area (Å²) in [6.07, 6.45) is 2.41. The van der Waals surface area contributed by atoms with Crippen molar-refractivity contribution in [1.29, 1.82) is 0 Å². The summed E-state index contributed by atoms with van der Waals surface area (Å²) >= 11 is 0. The smallest absolute Gasteiger partial charge is 0.326 e. The molecule has 30 heavy (non-hydrogen) atoms. The molecule has 0 aromatic rings. The predicted molar refractivity (Wildman–Crippen MR) is 107 cm³/mol. The van der Waals surface area contributed by atoms with Crippen molar-refractivity contribution >= 4 is 29.6 Å². The van der Waals surface area contributed by atoms with Crippen LogP contribution in [-0.4, -0.2) is 76.9 Å². The molecule has 0 aromatic heterocycles. The lowest BCUT2D eigenvalue weighted by molar-refractivity contribution is -0.144. The number of likely N-dealkylation sites (tertiary alicyclic amines) is 1. The van der Waals surface area contributed by atoms with Gasteiger partial charge in [0, 0.05) is 6.54 Å². The first-order valence-corrected chi connectivity index (χ1v) is 9.96. The average Bonchev–Trinajstić information content (AvgIpc) is 3.16. The van der Waals surface area contributed by atoms with Crippen LogP contribution in [0.4, 0.5) is 0 Å². The number of hydrogen-bond acceptors (Lipinski definition) is 7. The lowest BCUT2D eigenvalue weighted by Gasteiger charge is -2.28. The van der Waals surface area contributed by atoms with E-state index in [2.05, 4.69) is 10.6 Å². The van der Waals surface area contributed by atoms with Gasteiger partial charge in [-0.3, -0.25) is 19.2 Å². The van der Waals surface area contributed by atoms with Gasteiger partial charge in [-0.1, -0.05) is 6.42 Å². The summed E-state index contributed by atoms with van der Waals surface area (Å²) in [5.41, 5.74) is 16.4. The fourth-order valence-corrected chi connectivity index (χ4v) is 3.22. The number of nitrogens with zero attached hydrogens (tertiary/aromatic N) is 1. The molecule has 12 nitrogen and oxygen atoms in total. The molecule has 0 saturated carbocycles. The summed E-state index contributed by atoms with van der Waals surface area (Å²) in [6, 6.07) is -4.06. The summed E-state index contributed by atoms with van der Waals surface area (Å²) < 4.78 is 0. The van der Waals surface area contributed by atoms with E-state index in [0.29, 0.717) is 38.8 Å². The number of unbranched alkanes of at least 4 members (excludes halogenated alkanes) is 1. The van der Waals surface area contributed by atoms with Gasteiger partial charge in [0.1, 0.15) is 18.1 Å². The van der Waals surface area contributed by atoms with Gasteiger partial charge in [0.25, 0.3) is 0 Å². The van der Waals surface area contributed by atoms with E-state index in [-0.39, 0.29) is 5.91 Å². The Hall–Kier alpha value is -2.73. The van der Waals surface area contributed by atoms with Crippen LogP contribution >= 0.6 is 0 Å². The molecule has 1 heterocycles. The van der Waals surface area contributed by atoms with Crippen LogP contribution in [0.5, 0.6) is 0 Å². The molecule has 4 unspecified atom stereocenters. The molecule has 1 aliphatic heterocycles. The van der Waals surface area contributed by atoms with Gasteiger partial charge in [-0.25, -0.2) is 4.79 Å². The molecule has 1 saturated heterocycles. The van der Waals surface area contributed by atoms with Gasteiger partial charge in [-0.2, -0.15) is 0 Å². The van der Waals surface area contributed by atoms with Gasteiger partial charge in [0.05, 0.1) is 12.5 Å². The molecule has 4 atom stereocenters. The lowest BCUT2D eigenvalue weighted by Crippen LogP contribution is -2.56. The molecule has 0 radical (unpaired) electrons. The quantitative estimate of drug-likeness (QED) is 0.181. The Balaban J connectivity index is 2.66. The standard InChI is InChI=1S/C18H32N6O6/c1-10(15(26)23-12(18(29)30)9-14(21)25)22-16(27)13-6-4-8-24(13)17(28)11(20)5-2-3-7-19/h10-13H,2-9,19-20H2,1H3,(H2,21,25)(H,22,27)(H,23,26)(H,29,30). The molecule has 4 amide bonds. The first-order valence-electron chi connectivity index (χ1n) is 9.96. The fraction of sp³-hybridized carbons (Fsp3) is 0.722. The molecular formula is C18H32N6O6. The number of primary amides is 1. The summed E-state index contributed by atoms with van der Waals surface area (Å²) in [4.78, 5) is 60.9. The Bertz CT molecular complexity index is 657. The Kier molecular flexibility index (Phi) is 10.2. The SMILES string of the molecule is CC(NC(=O)C1CCCN1C(=O)C(N)CCCCN)C(=O)NC(CC(N)=O)C(=O)O. The van der Waals surface area contributed by atoms with Gasteiger partial charge in [0.15, 0.2) is 0 Å². The highest BCUT2D eigenvalue weighted by molar-refractivity contribution is 5.94. The number of nitrogens with one attached hydrogen (secondary N) is 2. The summed E-state index contributed by atoms with van der Waals surface area (Å²) in [5.74, 6) is -3.95. The second-order valence-electron chi connectivity index (χ2n) is 7.38. The van der Waals surface area contributed by atoms with E-state index in [9.17, 15) is 24.0 Å². The molecule has 1 rings (SSSR count). The molecular weight excluding hydrogens is 396 g/mol. The van der Waals surface area contributed by atoms with Gasteiger partial charge >= 0.3 is 5.97 Å². The van der Waals surface area contributed by atoms with Gasteiger partial charge in [0.2, 0.25) is 23.6 Å². The van der Waals surface area contributed by atoms with E-state index >= 15 is 0 Å². The Morgan fingerprint density at radius 3 is 2.40 bits per heavy atom. The van der Waals surface area contributed by atoms with Crippen molar-refractivity contribution < 1.29 is 29.1 Å². The van der Waals surface area contributed by atoms with Crippen LogP contribution in [0.1, 0.15) is 45.4 Å². The number of nitrogens with two attached hydrogens (primary N) is 3. The highest BCUT2D eigenvalue weighted by Gasteiger charge is 2.37. The molecule has 9 N–H and O–H groups in total. The molecule has 0 spiro atoms. The molecule has 0 aliphatic carbocycles. The third kappa shape index (κ3) is 7.59. The van der Waals surface area contributed by atoms with Crippen LogP contribution in [0.15, 0.2) is 0 Å². The molecule has 1 aliphatic rings. The third-order valence-electron chi connectivity index (χ3n) is 4.90. The van der Waals surface area contributed by atoms with Crippen molar-refractivity contribution in [2.45, 2.75) is 69.6 Å². The number of amides is 4. The van der Waals surface area contributed by atoms with Crippen LogP contribution < -0.4 is 27.8 Å². The highest BCUT2D eigenvalue weighted by atomic mass is 16.4. The first-order chi connectivity index (χ1) is 14.1. The van der Waals surface area contributed by atoms with Crippen molar-refractivity contribution in [3.8, 4) is 0 Å². The summed E-state index contributed by atoms with van der Waals surface area (Å²) in [5, 5.41) is 13.7. The molecule has 0 aromatic carbocycles. The van der Waals surface area contributed by atoms with Crippen molar-refractivity contribution in [1.82, 2.24) is 15.5 Å². The van der Waals surface area contributed by atoms with Crippen LogP contribution in [0.3, 0.4) is 0 Å². The van der Waals surface area contributed by atoms with Crippen LogP contribution in [0, 0.1) is 0 Å². The maximum absolute atomic E-state index is 12.6. The summed E-state index contributed by atoms with van der Waals surface area (Å²) in [7, 11) is 0. The molecule has 1 fully saturated rings. The van der Waals surface area contributed by atoms with Crippen LogP contribution in [0.25, 0.3) is 0 Å². The van der Waals surface area contributed by atoms with Crippen molar-refractivity contribution in [2.75, 3.05) is 13.1 Å². The zero-order valence-electron chi connectivity index (χ0n) is 17.1. The van der Waals surface area contributed by atoms with Gasteiger partial charge in [-0.05, 0) is 39.2 Å². The van der Waals surface area contributed by atoms with E-state index in [1.807, 2.05) is 0 Å². The predicted octanol–water partition coefficient (Wildman–Crippen LogP) is -2.62. The van der Waals surface area contributed by atoms with Crippen LogP contribution in [0.2, 0.25) is 0 Å². The highest BCUT2D eigenvalue weighted by Crippen LogP contribution is 2.19. The number of carbonyl (C=O) groups excluding carboxylic acids is 4. The zero-order valence-corrected chi connectivity index (χ0v) is 17.1. The van der Waals surface area contributed by atoms with Crippen molar-refractivity contribution in [3.63, 3.8) is 0 Å². The Morgan fingerprint density at radius 2 is 1.83 bits per heavy atom. The van der Waals surface area contributed by atoms with E-state index in [1.54, 1.807) is 0 Å². The molecule has 170 valence electrons. The molecule has 12 heteroatoms. The number of carboxylic acid groups (broad SMARTS) is 1. The number of rotatable bonds is 12. The van der Waals surface area contributed by atoms with Crippen molar-refractivity contribution in [3.05, 3.63) is 0 Å². The monoisotopic (exact) mass is 428 g/mol. The topological polar surface area (TPSA) is 211 Å². The van der Waals surface area contributed by atoms with Crippen molar-refractivity contribution in [2.24, 2.45) is 17.2 Å². The Labute approximate surface area is 174 Å². The first kappa shape index (κ1) is 25.3. The zero-order chi connectivity index (χ0) is 22.8. The largest absolute Gasteiger partial charge is 0.480 e. The van der Waals surface area contributed by atoms with E-state index in [0.717, 1.165) is 6.42 Å². The maximum Gasteiger partial charge on any atom is 0.326 e. The normalized spacial score (nSPS) is 18.9. The van der Waals surface area contributed by atoms with Gasteiger partial charge in [-0.15, -0.1) is 0 Å². The second-order valence-corrected chi connectivity index (χ2v) is 7.38. The maximum atomic E-state index is 12.6. The van der Waals surface area contributed by atoms with E-state index in [4.69, 9.17) is 22.3 Å².